The summed E-state index contributed by atoms with van der Waals surface area (Å²) in [6, 6.07) is 6.65. The second kappa shape index (κ2) is 4.01. The highest BCUT2D eigenvalue weighted by Gasteiger charge is 2.19. The fraction of sp³-hybridized carbons (Fsp3) is 0.500. The second-order valence-electron chi connectivity index (χ2n) is 3.78. The van der Waals surface area contributed by atoms with Crippen molar-refractivity contribution in [2.45, 2.75) is 19.9 Å². The van der Waals surface area contributed by atoms with E-state index in [1.165, 1.54) is 29.8 Å². The smallest absolute Gasteiger partial charge is 0.0445 e. The van der Waals surface area contributed by atoms with Crippen LogP contribution in [-0.4, -0.2) is 20.1 Å². The number of para-hydroxylation sites is 1. The first-order valence-electron chi connectivity index (χ1n) is 5.37. The molecule has 2 nitrogen and oxygen atoms in total. The van der Waals surface area contributed by atoms with Gasteiger partial charge >= 0.3 is 0 Å². The van der Waals surface area contributed by atoms with Crippen molar-refractivity contribution in [3.05, 3.63) is 29.3 Å². The molecule has 0 bridgehead atoms. The molecule has 0 aliphatic carbocycles. The fourth-order valence-electron chi connectivity index (χ4n) is 2.27. The molecule has 2 heteroatoms. The first-order valence-corrected chi connectivity index (χ1v) is 5.37. The van der Waals surface area contributed by atoms with Crippen LogP contribution in [-0.2, 0) is 13.0 Å². The third-order valence-corrected chi connectivity index (χ3v) is 2.92. The molecule has 2 rings (SSSR count). The summed E-state index contributed by atoms with van der Waals surface area (Å²) < 4.78 is 0. The van der Waals surface area contributed by atoms with Crippen molar-refractivity contribution in [1.29, 1.82) is 0 Å². The van der Waals surface area contributed by atoms with Crippen LogP contribution in [0.5, 0.6) is 0 Å². The predicted molar refractivity (Wildman–Crippen MR) is 60.8 cm³/mol. The van der Waals surface area contributed by atoms with Gasteiger partial charge in [0.05, 0.1) is 0 Å². The second-order valence-corrected chi connectivity index (χ2v) is 3.78. The van der Waals surface area contributed by atoms with E-state index in [1.54, 1.807) is 0 Å². The zero-order valence-electron chi connectivity index (χ0n) is 9.01. The zero-order valence-corrected chi connectivity index (χ0v) is 9.01. The molecule has 0 spiro atoms. The van der Waals surface area contributed by atoms with Gasteiger partial charge in [0.25, 0.3) is 0 Å². The molecule has 1 aliphatic rings. The molecule has 1 aromatic rings. The largest absolute Gasteiger partial charge is 0.371 e. The summed E-state index contributed by atoms with van der Waals surface area (Å²) in [6.45, 7) is 5.51. The van der Waals surface area contributed by atoms with Crippen LogP contribution in [0.15, 0.2) is 18.2 Å². The fourth-order valence-corrected chi connectivity index (χ4v) is 2.27. The maximum atomic E-state index is 3.23. The SMILES string of the molecule is CCN1CCc2cccc(CNC)c21. The number of nitrogens with one attached hydrogen (secondary N) is 1. The molecule has 0 fully saturated rings. The lowest BCUT2D eigenvalue weighted by atomic mass is 10.1. The van der Waals surface area contributed by atoms with Crippen LogP contribution in [0.1, 0.15) is 18.1 Å². The van der Waals surface area contributed by atoms with E-state index in [1.807, 2.05) is 7.05 Å². The van der Waals surface area contributed by atoms with E-state index in [0.29, 0.717) is 0 Å². The third kappa shape index (κ3) is 1.50. The van der Waals surface area contributed by atoms with Gasteiger partial charge in [-0.25, -0.2) is 0 Å². The van der Waals surface area contributed by atoms with Gasteiger partial charge in [-0.2, -0.15) is 0 Å². The molecule has 0 saturated heterocycles. The molecule has 0 unspecified atom stereocenters. The number of likely N-dealkylation sites (N-methyl/N-ethyl adjacent to an activating group) is 1. The van der Waals surface area contributed by atoms with Gasteiger partial charge in [0, 0.05) is 25.3 Å². The van der Waals surface area contributed by atoms with Gasteiger partial charge < -0.3 is 10.2 Å². The lowest BCUT2D eigenvalue weighted by molar-refractivity contribution is 0.805. The Bertz CT molecular complexity index is 320. The summed E-state index contributed by atoms with van der Waals surface area (Å²) in [7, 11) is 2.00. The number of benzene rings is 1. The molecule has 0 atom stereocenters. The molecule has 0 aromatic heterocycles. The van der Waals surface area contributed by atoms with Crippen LogP contribution >= 0.6 is 0 Å². The molecular formula is C12H18N2. The Labute approximate surface area is 85.9 Å². The molecule has 1 aliphatic heterocycles. The van der Waals surface area contributed by atoms with Crippen molar-refractivity contribution in [2.75, 3.05) is 25.0 Å². The summed E-state index contributed by atoms with van der Waals surface area (Å²) in [4.78, 5) is 2.47. The lowest BCUT2D eigenvalue weighted by Gasteiger charge is -2.20. The van der Waals surface area contributed by atoms with Gasteiger partial charge in [-0.3, -0.25) is 0 Å². The minimum absolute atomic E-state index is 0.972. The summed E-state index contributed by atoms with van der Waals surface area (Å²) >= 11 is 0. The minimum Gasteiger partial charge on any atom is -0.371 e. The quantitative estimate of drug-likeness (QED) is 0.781. The van der Waals surface area contributed by atoms with E-state index in [-0.39, 0.29) is 0 Å². The third-order valence-electron chi connectivity index (χ3n) is 2.92. The van der Waals surface area contributed by atoms with Crippen LogP contribution in [0.25, 0.3) is 0 Å². The van der Waals surface area contributed by atoms with Crippen LogP contribution < -0.4 is 10.2 Å². The Morgan fingerprint density at radius 1 is 1.43 bits per heavy atom. The topological polar surface area (TPSA) is 15.3 Å². The van der Waals surface area contributed by atoms with Crippen molar-refractivity contribution in [3.63, 3.8) is 0 Å². The molecular weight excluding hydrogens is 172 g/mol. The van der Waals surface area contributed by atoms with Gasteiger partial charge in [0.15, 0.2) is 0 Å². The maximum absolute atomic E-state index is 3.23. The molecule has 76 valence electrons. The molecule has 0 radical (unpaired) electrons. The van der Waals surface area contributed by atoms with Crippen molar-refractivity contribution in [1.82, 2.24) is 5.32 Å². The van der Waals surface area contributed by atoms with Crippen LogP contribution in [0, 0.1) is 0 Å². The molecule has 0 amide bonds. The van der Waals surface area contributed by atoms with E-state index in [4.69, 9.17) is 0 Å². The Morgan fingerprint density at radius 2 is 2.29 bits per heavy atom. The van der Waals surface area contributed by atoms with Crippen molar-refractivity contribution >= 4 is 5.69 Å². The Kier molecular flexibility index (Phi) is 2.73. The molecule has 0 saturated carbocycles. The summed E-state index contributed by atoms with van der Waals surface area (Å²) in [5.41, 5.74) is 4.42. The van der Waals surface area contributed by atoms with E-state index in [9.17, 15) is 0 Å². The number of fused-ring (bicyclic) bond motifs is 1. The molecule has 14 heavy (non-hydrogen) atoms. The molecule has 1 aromatic carbocycles. The standard InChI is InChI=1S/C12H18N2/c1-3-14-8-7-10-5-4-6-11(9-13-2)12(10)14/h4-6,13H,3,7-9H2,1-2H3. The van der Waals surface area contributed by atoms with Gasteiger partial charge in [-0.05, 0) is 31.5 Å². The van der Waals surface area contributed by atoms with Gasteiger partial charge in [-0.15, -0.1) is 0 Å². The monoisotopic (exact) mass is 190 g/mol. The normalized spacial score (nSPS) is 14.6. The number of rotatable bonds is 3. The Morgan fingerprint density at radius 3 is 3.00 bits per heavy atom. The number of nitrogens with zero attached hydrogens (tertiary/aromatic N) is 1. The predicted octanol–water partition coefficient (Wildman–Crippen LogP) is 1.79. The van der Waals surface area contributed by atoms with E-state index in [2.05, 4.69) is 35.3 Å². The summed E-state index contributed by atoms with van der Waals surface area (Å²) in [5, 5.41) is 3.23. The maximum Gasteiger partial charge on any atom is 0.0445 e. The van der Waals surface area contributed by atoms with Gasteiger partial charge in [-0.1, -0.05) is 18.2 Å². The van der Waals surface area contributed by atoms with Crippen LogP contribution in [0.4, 0.5) is 5.69 Å². The minimum atomic E-state index is 0.972. The van der Waals surface area contributed by atoms with E-state index >= 15 is 0 Å². The molecule has 1 heterocycles. The first-order chi connectivity index (χ1) is 6.86. The van der Waals surface area contributed by atoms with Crippen LogP contribution in [0.3, 0.4) is 0 Å². The average molecular weight is 190 g/mol. The highest BCUT2D eigenvalue weighted by Crippen LogP contribution is 2.31. The van der Waals surface area contributed by atoms with Crippen molar-refractivity contribution in [3.8, 4) is 0 Å². The van der Waals surface area contributed by atoms with Gasteiger partial charge in [0.1, 0.15) is 0 Å². The average Bonchev–Trinajstić information content (AvgIpc) is 2.62. The van der Waals surface area contributed by atoms with Crippen LogP contribution in [0.2, 0.25) is 0 Å². The summed E-state index contributed by atoms with van der Waals surface area (Å²) in [6.07, 6.45) is 1.21. The van der Waals surface area contributed by atoms with Crippen molar-refractivity contribution < 1.29 is 0 Å². The number of hydrogen-bond donors (Lipinski definition) is 1. The zero-order chi connectivity index (χ0) is 9.97. The summed E-state index contributed by atoms with van der Waals surface area (Å²) in [5.74, 6) is 0. The van der Waals surface area contributed by atoms with Gasteiger partial charge in [0.2, 0.25) is 0 Å². The number of anilines is 1. The van der Waals surface area contributed by atoms with E-state index in [0.717, 1.165) is 13.1 Å². The van der Waals surface area contributed by atoms with E-state index < -0.39 is 0 Å². The number of hydrogen-bond acceptors (Lipinski definition) is 2. The lowest BCUT2D eigenvalue weighted by Crippen LogP contribution is -2.21. The Hall–Kier alpha value is -1.02. The highest BCUT2D eigenvalue weighted by atomic mass is 15.1. The molecule has 1 N–H and O–H groups in total. The Balaban J connectivity index is 2.38. The van der Waals surface area contributed by atoms with Crippen molar-refractivity contribution in [2.24, 2.45) is 0 Å². The highest BCUT2D eigenvalue weighted by molar-refractivity contribution is 5.63. The first kappa shape index (κ1) is 9.53.